The number of ether oxygens (including phenoxy) is 1. The van der Waals surface area contributed by atoms with Gasteiger partial charge in [0.1, 0.15) is 5.60 Å². The first-order valence-corrected chi connectivity index (χ1v) is 9.01. The fourth-order valence-electron chi connectivity index (χ4n) is 4.75. The van der Waals surface area contributed by atoms with Gasteiger partial charge in [0.25, 0.3) is 0 Å². The number of aliphatic carboxylic acids is 1. The molecule has 3 aliphatic rings. The number of hydrogen-bond donors (Lipinski definition) is 0. The molecule has 5 nitrogen and oxygen atoms in total. The number of carboxylic acids is 1. The van der Waals surface area contributed by atoms with Gasteiger partial charge in [-0.2, -0.15) is 0 Å². The minimum atomic E-state index is -1.21. The van der Waals surface area contributed by atoms with Crippen molar-refractivity contribution in [2.45, 2.75) is 37.5 Å². The predicted molar refractivity (Wildman–Crippen MR) is 93.8 cm³/mol. The maximum atomic E-state index is 13.2. The molecule has 3 heterocycles. The summed E-state index contributed by atoms with van der Waals surface area (Å²) < 4.78 is 6.09. The number of rotatable bonds is 6. The Bertz CT molecular complexity index is 786. The molecule has 0 unspecified atom stereocenters. The van der Waals surface area contributed by atoms with Gasteiger partial charge in [0.05, 0.1) is 18.1 Å². The minimum absolute atomic E-state index is 0.145. The van der Waals surface area contributed by atoms with Crippen LogP contribution in [0.1, 0.15) is 18.9 Å². The molecule has 0 aromatic heterocycles. The van der Waals surface area contributed by atoms with E-state index in [1.165, 1.54) is 0 Å². The number of amides is 1. The summed E-state index contributed by atoms with van der Waals surface area (Å²) >= 11 is 0. The fraction of sp³-hybridized carbons (Fsp3) is 0.429. The highest BCUT2D eigenvalue weighted by Crippen LogP contribution is 2.55. The van der Waals surface area contributed by atoms with Crippen molar-refractivity contribution >= 4 is 11.9 Å². The maximum Gasteiger partial charge on any atom is 0.230 e. The van der Waals surface area contributed by atoms with Gasteiger partial charge in [0, 0.05) is 18.4 Å². The smallest absolute Gasteiger partial charge is 0.230 e. The Morgan fingerprint density at radius 1 is 1.35 bits per heavy atom. The van der Waals surface area contributed by atoms with Crippen molar-refractivity contribution in [3.63, 3.8) is 0 Å². The molecule has 1 aromatic rings. The molecule has 1 aromatic carbocycles. The van der Waals surface area contributed by atoms with Crippen LogP contribution in [0.25, 0.3) is 0 Å². The van der Waals surface area contributed by atoms with E-state index in [0.717, 1.165) is 11.1 Å². The number of benzene rings is 1. The van der Waals surface area contributed by atoms with Gasteiger partial charge in [0.15, 0.2) is 0 Å². The van der Waals surface area contributed by atoms with Gasteiger partial charge in [-0.1, -0.05) is 48.1 Å². The maximum absolute atomic E-state index is 13.2. The molecule has 5 atom stereocenters. The van der Waals surface area contributed by atoms with Crippen molar-refractivity contribution in [1.29, 1.82) is 0 Å². The number of carbonyl (C=O) groups is 2. The summed E-state index contributed by atoms with van der Waals surface area (Å²) in [4.78, 5) is 26.7. The highest BCUT2D eigenvalue weighted by Gasteiger charge is 2.69. The van der Waals surface area contributed by atoms with Crippen LogP contribution in [0.15, 0.2) is 54.6 Å². The fourth-order valence-corrected chi connectivity index (χ4v) is 4.75. The molecule has 0 radical (unpaired) electrons. The van der Waals surface area contributed by atoms with Gasteiger partial charge in [-0.3, -0.25) is 4.79 Å². The van der Waals surface area contributed by atoms with Crippen molar-refractivity contribution in [2.24, 2.45) is 11.8 Å². The molecule has 0 aliphatic carbocycles. The first-order chi connectivity index (χ1) is 12.4. The van der Waals surface area contributed by atoms with Gasteiger partial charge in [-0.05, 0) is 25.3 Å². The quantitative estimate of drug-likeness (QED) is 0.719. The lowest BCUT2D eigenvalue weighted by Gasteiger charge is -2.33. The standard InChI is InChI=1S/C21H23NO4/c1-13(2)12-16-21-10-8-15(26-21)17(20(24)25)18(21)19(23)22(16)11-9-14-6-4-3-5-7-14/h3-8,10,15-18H,1,9,11-12H2,2H3,(H,24,25)/p-1/t15-,16-,17-,18+,21-/m1/s1. The number of carboxylic acid groups (broad SMARTS) is 1. The summed E-state index contributed by atoms with van der Waals surface area (Å²) in [5.41, 5.74) is 1.21. The number of nitrogens with zero attached hydrogens (tertiary/aromatic N) is 1. The third-order valence-corrected chi connectivity index (χ3v) is 5.83. The van der Waals surface area contributed by atoms with Crippen LogP contribution in [-0.2, 0) is 20.7 Å². The van der Waals surface area contributed by atoms with Crippen molar-refractivity contribution in [1.82, 2.24) is 4.90 Å². The monoisotopic (exact) mass is 352 g/mol. The third kappa shape index (κ3) is 2.42. The summed E-state index contributed by atoms with van der Waals surface area (Å²) in [5, 5.41) is 11.7. The molecule has 136 valence electrons. The molecule has 26 heavy (non-hydrogen) atoms. The van der Waals surface area contributed by atoms with Gasteiger partial charge in [0.2, 0.25) is 5.91 Å². The van der Waals surface area contributed by atoms with Crippen LogP contribution in [0, 0.1) is 11.8 Å². The van der Waals surface area contributed by atoms with E-state index in [4.69, 9.17) is 4.74 Å². The lowest BCUT2D eigenvalue weighted by molar-refractivity contribution is -0.313. The molecule has 0 saturated carbocycles. The summed E-state index contributed by atoms with van der Waals surface area (Å²) in [7, 11) is 0. The molecular formula is C21H22NO4-. The molecule has 5 heteroatoms. The first-order valence-electron chi connectivity index (χ1n) is 9.01. The van der Waals surface area contributed by atoms with E-state index in [-0.39, 0.29) is 11.9 Å². The predicted octanol–water partition coefficient (Wildman–Crippen LogP) is 1.10. The van der Waals surface area contributed by atoms with Gasteiger partial charge < -0.3 is 19.5 Å². The van der Waals surface area contributed by atoms with Crippen molar-refractivity contribution in [2.75, 3.05) is 6.54 Å². The molecule has 1 amide bonds. The zero-order chi connectivity index (χ0) is 18.5. The summed E-state index contributed by atoms with van der Waals surface area (Å²) in [6.07, 6.45) is 4.41. The molecular weight excluding hydrogens is 330 g/mol. The lowest BCUT2D eigenvalue weighted by Crippen LogP contribution is -2.46. The van der Waals surface area contributed by atoms with Crippen LogP contribution < -0.4 is 5.11 Å². The molecule has 2 fully saturated rings. The lowest BCUT2D eigenvalue weighted by atomic mass is 9.74. The summed E-state index contributed by atoms with van der Waals surface area (Å²) in [6.45, 7) is 6.45. The van der Waals surface area contributed by atoms with E-state index in [9.17, 15) is 14.7 Å². The zero-order valence-electron chi connectivity index (χ0n) is 14.8. The van der Waals surface area contributed by atoms with E-state index >= 15 is 0 Å². The van der Waals surface area contributed by atoms with Crippen LogP contribution in [0.2, 0.25) is 0 Å². The molecule has 2 saturated heterocycles. The van der Waals surface area contributed by atoms with E-state index in [2.05, 4.69) is 6.58 Å². The van der Waals surface area contributed by atoms with Gasteiger partial charge >= 0.3 is 0 Å². The number of carbonyl (C=O) groups excluding carboxylic acids is 2. The second-order valence-corrected chi connectivity index (χ2v) is 7.56. The van der Waals surface area contributed by atoms with Crippen LogP contribution in [0.5, 0.6) is 0 Å². The van der Waals surface area contributed by atoms with Gasteiger partial charge in [-0.15, -0.1) is 6.58 Å². The van der Waals surface area contributed by atoms with E-state index < -0.39 is 29.5 Å². The summed E-state index contributed by atoms with van der Waals surface area (Å²) in [6, 6.07) is 9.73. The average molecular weight is 352 g/mol. The normalized spacial score (nSPS) is 34.3. The Kier molecular flexibility index (Phi) is 3.99. The van der Waals surface area contributed by atoms with Crippen molar-refractivity contribution in [3.8, 4) is 0 Å². The molecule has 2 bridgehead atoms. The molecule has 4 rings (SSSR count). The minimum Gasteiger partial charge on any atom is -0.550 e. The number of hydrogen-bond acceptors (Lipinski definition) is 4. The van der Waals surface area contributed by atoms with E-state index in [0.29, 0.717) is 19.4 Å². The van der Waals surface area contributed by atoms with Crippen LogP contribution in [0.4, 0.5) is 0 Å². The Morgan fingerprint density at radius 3 is 2.73 bits per heavy atom. The Hall–Kier alpha value is -2.40. The Morgan fingerprint density at radius 2 is 2.08 bits per heavy atom. The van der Waals surface area contributed by atoms with E-state index in [1.54, 1.807) is 11.0 Å². The highest BCUT2D eigenvalue weighted by atomic mass is 16.5. The Labute approximate surface area is 152 Å². The van der Waals surface area contributed by atoms with Crippen molar-refractivity contribution < 1.29 is 19.4 Å². The molecule has 1 spiro atoms. The van der Waals surface area contributed by atoms with E-state index in [1.807, 2.05) is 43.3 Å². The summed E-state index contributed by atoms with van der Waals surface area (Å²) in [5.74, 6) is -2.98. The number of fused-ring (bicyclic) bond motifs is 1. The SMILES string of the molecule is C=C(C)C[C@H]1N(CCc2ccccc2)C(=O)[C@@H]2[C@H](C(=O)[O-])[C@H]3C=C[C@]21O3. The molecule has 0 N–H and O–H groups in total. The van der Waals surface area contributed by atoms with Gasteiger partial charge in [-0.25, -0.2) is 0 Å². The van der Waals surface area contributed by atoms with Crippen LogP contribution in [0.3, 0.4) is 0 Å². The second-order valence-electron chi connectivity index (χ2n) is 7.56. The largest absolute Gasteiger partial charge is 0.550 e. The average Bonchev–Trinajstić information content (AvgIpc) is 3.24. The molecule has 3 aliphatic heterocycles. The first kappa shape index (κ1) is 17.0. The topological polar surface area (TPSA) is 69.7 Å². The zero-order valence-corrected chi connectivity index (χ0v) is 14.8. The second kappa shape index (κ2) is 6.09. The Balaban J connectivity index is 1.65. The van der Waals surface area contributed by atoms with Crippen LogP contribution in [-0.4, -0.2) is 41.1 Å². The van der Waals surface area contributed by atoms with Crippen LogP contribution >= 0.6 is 0 Å². The third-order valence-electron chi connectivity index (χ3n) is 5.83. The highest BCUT2D eigenvalue weighted by molar-refractivity contribution is 5.91. The number of likely N-dealkylation sites (tertiary alicyclic amines) is 1. The van der Waals surface area contributed by atoms with Crippen molar-refractivity contribution in [3.05, 3.63) is 60.2 Å².